The summed E-state index contributed by atoms with van der Waals surface area (Å²) in [6.07, 6.45) is 2.83. The first kappa shape index (κ1) is 18.5. The molecule has 0 N–H and O–H groups in total. The fourth-order valence-corrected chi connectivity index (χ4v) is 2.53. The van der Waals surface area contributed by atoms with E-state index >= 15 is 0 Å². The van der Waals surface area contributed by atoms with Crippen LogP contribution in [-0.4, -0.2) is 29.8 Å². The molecular formula is C19H24BrN3O. The molecule has 0 saturated carbocycles. The zero-order chi connectivity index (χ0) is 17.5. The Morgan fingerprint density at radius 3 is 2.71 bits per heavy atom. The van der Waals surface area contributed by atoms with Crippen molar-refractivity contribution in [1.29, 1.82) is 0 Å². The molecule has 0 aliphatic heterocycles. The van der Waals surface area contributed by atoms with Gasteiger partial charge in [0, 0.05) is 13.6 Å². The molecule has 1 aromatic carbocycles. The Bertz CT molecular complexity index is 716. The van der Waals surface area contributed by atoms with Crippen molar-refractivity contribution in [1.82, 2.24) is 9.88 Å². The van der Waals surface area contributed by atoms with E-state index in [-0.39, 0.29) is 0 Å². The van der Waals surface area contributed by atoms with Gasteiger partial charge in [-0.2, -0.15) is 0 Å². The zero-order valence-electron chi connectivity index (χ0n) is 14.7. The maximum Gasteiger partial charge on any atom is 0.228 e. The van der Waals surface area contributed by atoms with E-state index in [0.717, 1.165) is 34.4 Å². The monoisotopic (exact) mass is 389 g/mol. The number of aryl methyl sites for hydroxylation is 2. The predicted molar refractivity (Wildman–Crippen MR) is 103 cm³/mol. The van der Waals surface area contributed by atoms with E-state index in [1.54, 1.807) is 0 Å². The molecule has 0 bridgehead atoms. The smallest absolute Gasteiger partial charge is 0.228 e. The lowest BCUT2D eigenvalue weighted by Gasteiger charge is -2.11. The first-order chi connectivity index (χ1) is 11.5. The van der Waals surface area contributed by atoms with Crippen molar-refractivity contribution in [2.75, 3.05) is 13.6 Å². The van der Waals surface area contributed by atoms with Crippen LogP contribution in [0.3, 0.4) is 0 Å². The molecule has 0 saturated heterocycles. The minimum absolute atomic E-state index is 0.500. The van der Waals surface area contributed by atoms with E-state index in [4.69, 9.17) is 4.74 Å². The second-order valence-electron chi connectivity index (χ2n) is 5.66. The maximum absolute atomic E-state index is 5.88. The molecule has 128 valence electrons. The molecular weight excluding hydrogens is 366 g/mol. The Balaban J connectivity index is 2.11. The number of ether oxygens (including phenoxy) is 1. The van der Waals surface area contributed by atoms with E-state index in [2.05, 4.69) is 64.0 Å². The number of pyridine rings is 1. The molecule has 0 atom stereocenters. The lowest BCUT2D eigenvalue weighted by Crippen LogP contribution is -2.14. The van der Waals surface area contributed by atoms with Crippen molar-refractivity contribution < 1.29 is 4.74 Å². The van der Waals surface area contributed by atoms with Crippen molar-refractivity contribution in [2.24, 2.45) is 4.99 Å². The summed E-state index contributed by atoms with van der Waals surface area (Å²) in [7, 11) is 1.99. The Hall–Kier alpha value is -1.88. The number of aromatic nitrogens is 1. The summed E-state index contributed by atoms with van der Waals surface area (Å²) in [4.78, 5) is 11.0. The molecule has 24 heavy (non-hydrogen) atoms. The zero-order valence-corrected chi connectivity index (χ0v) is 16.3. The topological polar surface area (TPSA) is 37.7 Å². The highest BCUT2D eigenvalue weighted by atomic mass is 79.9. The molecule has 5 heteroatoms. The molecule has 0 aliphatic rings. The van der Waals surface area contributed by atoms with Gasteiger partial charge in [0.1, 0.15) is 6.61 Å². The summed E-state index contributed by atoms with van der Waals surface area (Å²) < 4.78 is 6.70. The first-order valence-corrected chi connectivity index (χ1v) is 8.95. The molecule has 0 unspecified atom stereocenters. The van der Waals surface area contributed by atoms with Gasteiger partial charge in [0.2, 0.25) is 5.88 Å². The molecule has 0 radical (unpaired) electrons. The fraction of sp³-hybridized carbons (Fsp3) is 0.368. The Morgan fingerprint density at radius 2 is 2.00 bits per heavy atom. The maximum atomic E-state index is 5.88. The van der Waals surface area contributed by atoms with Crippen LogP contribution in [0.1, 0.15) is 30.7 Å². The van der Waals surface area contributed by atoms with Crippen LogP contribution in [0.4, 0.5) is 5.69 Å². The number of aliphatic imine (C=N–C) groups is 1. The van der Waals surface area contributed by atoms with Gasteiger partial charge in [-0.3, -0.25) is 0 Å². The number of rotatable bonds is 7. The third kappa shape index (κ3) is 5.06. The van der Waals surface area contributed by atoms with E-state index in [9.17, 15) is 0 Å². The van der Waals surface area contributed by atoms with E-state index in [0.29, 0.717) is 12.5 Å². The highest BCUT2D eigenvalue weighted by Crippen LogP contribution is 2.30. The summed E-state index contributed by atoms with van der Waals surface area (Å²) in [5.74, 6) is 0.595. The second-order valence-corrected chi connectivity index (χ2v) is 6.51. The van der Waals surface area contributed by atoms with Crippen LogP contribution in [0.15, 0.2) is 39.8 Å². The average Bonchev–Trinajstić information content (AvgIpc) is 2.60. The largest absolute Gasteiger partial charge is 0.472 e. The van der Waals surface area contributed by atoms with E-state index in [1.807, 2.05) is 31.3 Å². The summed E-state index contributed by atoms with van der Waals surface area (Å²) in [6, 6.07) is 10.4. The predicted octanol–water partition coefficient (Wildman–Crippen LogP) is 4.91. The van der Waals surface area contributed by atoms with Gasteiger partial charge < -0.3 is 9.64 Å². The summed E-state index contributed by atoms with van der Waals surface area (Å²) >= 11 is 3.53. The van der Waals surface area contributed by atoms with E-state index < -0.39 is 0 Å². The molecule has 1 aromatic heterocycles. The Labute approximate surface area is 152 Å². The van der Waals surface area contributed by atoms with Gasteiger partial charge in [0.15, 0.2) is 0 Å². The molecule has 0 fully saturated rings. The van der Waals surface area contributed by atoms with Crippen molar-refractivity contribution in [3.63, 3.8) is 0 Å². The quantitative estimate of drug-likeness (QED) is 0.498. The highest BCUT2D eigenvalue weighted by Gasteiger charge is 2.09. The van der Waals surface area contributed by atoms with Gasteiger partial charge in [-0.1, -0.05) is 31.2 Å². The second kappa shape index (κ2) is 8.83. The van der Waals surface area contributed by atoms with Crippen molar-refractivity contribution in [3.05, 3.63) is 51.6 Å². The van der Waals surface area contributed by atoms with Gasteiger partial charge in [-0.05, 0) is 53.4 Å². The lowest BCUT2D eigenvalue weighted by molar-refractivity contribution is 0.291. The molecule has 4 nitrogen and oxygen atoms in total. The third-order valence-electron chi connectivity index (χ3n) is 3.78. The van der Waals surface area contributed by atoms with E-state index in [1.165, 1.54) is 5.56 Å². The number of benzene rings is 1. The average molecular weight is 390 g/mol. The van der Waals surface area contributed by atoms with Gasteiger partial charge in [-0.15, -0.1) is 0 Å². The molecule has 2 rings (SSSR count). The van der Waals surface area contributed by atoms with Crippen LogP contribution in [0.2, 0.25) is 0 Å². The van der Waals surface area contributed by atoms with Gasteiger partial charge in [0.25, 0.3) is 0 Å². The van der Waals surface area contributed by atoms with Crippen molar-refractivity contribution >= 4 is 28.0 Å². The van der Waals surface area contributed by atoms with Gasteiger partial charge in [0.05, 0.1) is 22.2 Å². The van der Waals surface area contributed by atoms with Crippen LogP contribution in [-0.2, 0) is 13.0 Å². The van der Waals surface area contributed by atoms with Gasteiger partial charge in [-0.25, -0.2) is 9.98 Å². The van der Waals surface area contributed by atoms with Crippen LogP contribution < -0.4 is 4.74 Å². The SMILES string of the molecule is CCc1cccc(COc2nc(C)c(/N=C/N(C)CC)cc2Br)c1. The number of hydrogen-bond donors (Lipinski definition) is 0. The Morgan fingerprint density at radius 1 is 1.25 bits per heavy atom. The minimum atomic E-state index is 0.500. The van der Waals surface area contributed by atoms with Crippen molar-refractivity contribution in [2.45, 2.75) is 33.8 Å². The summed E-state index contributed by atoms with van der Waals surface area (Å²) in [6.45, 7) is 7.58. The molecule has 0 aliphatic carbocycles. The first-order valence-electron chi connectivity index (χ1n) is 8.15. The normalized spacial score (nSPS) is 11.0. The molecule has 0 spiro atoms. The molecule has 1 heterocycles. The summed E-state index contributed by atoms with van der Waals surface area (Å²) in [5.41, 5.74) is 4.13. The summed E-state index contributed by atoms with van der Waals surface area (Å²) in [5, 5.41) is 0. The van der Waals surface area contributed by atoms with Crippen LogP contribution in [0, 0.1) is 6.92 Å². The van der Waals surface area contributed by atoms with Gasteiger partial charge >= 0.3 is 0 Å². The third-order valence-corrected chi connectivity index (χ3v) is 4.34. The van der Waals surface area contributed by atoms with Crippen LogP contribution in [0.25, 0.3) is 0 Å². The van der Waals surface area contributed by atoms with Crippen LogP contribution >= 0.6 is 15.9 Å². The number of hydrogen-bond acceptors (Lipinski definition) is 3. The van der Waals surface area contributed by atoms with Crippen LogP contribution in [0.5, 0.6) is 5.88 Å². The number of nitrogens with zero attached hydrogens (tertiary/aromatic N) is 3. The minimum Gasteiger partial charge on any atom is -0.472 e. The fourth-order valence-electron chi connectivity index (χ4n) is 2.11. The molecule has 0 amide bonds. The van der Waals surface area contributed by atoms with Crippen molar-refractivity contribution in [3.8, 4) is 5.88 Å². The lowest BCUT2D eigenvalue weighted by atomic mass is 10.1. The molecule has 2 aromatic rings. The Kier molecular flexibility index (Phi) is 6.79. The number of halogens is 1. The standard InChI is InChI=1S/C19H24BrN3O/c1-5-15-8-7-9-16(10-15)12-24-19-17(20)11-18(14(3)22-19)21-13-23(4)6-2/h7-11,13H,5-6,12H2,1-4H3/b21-13+. The highest BCUT2D eigenvalue weighted by molar-refractivity contribution is 9.10.